The largest absolute Gasteiger partial charge is 0.481 e. The van der Waals surface area contributed by atoms with Crippen LogP contribution in [-0.4, -0.2) is 34.0 Å². The van der Waals surface area contributed by atoms with Gasteiger partial charge in [0.2, 0.25) is 5.13 Å². The fraction of sp³-hybridized carbons (Fsp3) is 0.700. The summed E-state index contributed by atoms with van der Waals surface area (Å²) in [4.78, 5) is 16.9. The number of anilines is 1. The number of hydrogen-bond acceptors (Lipinski definition) is 5. The van der Waals surface area contributed by atoms with Crippen LogP contribution in [0.25, 0.3) is 0 Å². The number of hydrogen-bond donors (Lipinski definition) is 1. The van der Waals surface area contributed by atoms with Gasteiger partial charge in [0.05, 0.1) is 5.92 Å². The highest BCUT2D eigenvalue weighted by molar-refractivity contribution is 7.09. The van der Waals surface area contributed by atoms with E-state index in [1.165, 1.54) is 11.5 Å². The molecule has 0 aliphatic rings. The molecule has 1 heterocycles. The van der Waals surface area contributed by atoms with Crippen LogP contribution in [-0.2, 0) is 11.2 Å². The molecule has 0 amide bonds. The highest BCUT2D eigenvalue weighted by atomic mass is 32.1. The van der Waals surface area contributed by atoms with Gasteiger partial charge in [-0.25, -0.2) is 4.98 Å². The zero-order valence-electron chi connectivity index (χ0n) is 9.80. The molecular weight excluding hydrogens is 226 g/mol. The van der Waals surface area contributed by atoms with Crippen molar-refractivity contribution in [2.24, 2.45) is 5.92 Å². The quantitative estimate of drug-likeness (QED) is 0.823. The minimum atomic E-state index is -0.787. The number of aromatic nitrogens is 2. The predicted molar refractivity (Wildman–Crippen MR) is 64.0 cm³/mol. The summed E-state index contributed by atoms with van der Waals surface area (Å²) in [7, 11) is 1.84. The standard InChI is InChI=1S/C10H17N3O2S/c1-4-5-8-11-10(16-12-8)13(3)6-7(2)9(14)15/h7H,4-6H2,1-3H3,(H,14,15). The minimum absolute atomic E-state index is 0.400. The highest BCUT2D eigenvalue weighted by Crippen LogP contribution is 2.17. The van der Waals surface area contributed by atoms with E-state index in [2.05, 4.69) is 16.3 Å². The molecule has 0 aliphatic heterocycles. The summed E-state index contributed by atoms with van der Waals surface area (Å²) in [6.45, 7) is 4.22. The summed E-state index contributed by atoms with van der Waals surface area (Å²) in [6, 6.07) is 0. The minimum Gasteiger partial charge on any atom is -0.481 e. The second kappa shape index (κ2) is 5.79. The third-order valence-corrected chi connectivity index (χ3v) is 3.10. The number of nitrogens with zero attached hydrogens (tertiary/aromatic N) is 3. The number of aryl methyl sites for hydroxylation is 1. The molecule has 0 saturated carbocycles. The molecular formula is C10H17N3O2S. The molecule has 1 rings (SSSR count). The van der Waals surface area contributed by atoms with E-state index in [-0.39, 0.29) is 0 Å². The number of rotatable bonds is 6. The molecule has 0 aliphatic carbocycles. The Labute approximate surface area is 99.3 Å². The summed E-state index contributed by atoms with van der Waals surface area (Å²) < 4.78 is 4.22. The monoisotopic (exact) mass is 243 g/mol. The third-order valence-electron chi connectivity index (χ3n) is 2.23. The highest BCUT2D eigenvalue weighted by Gasteiger charge is 2.16. The lowest BCUT2D eigenvalue weighted by molar-refractivity contribution is -0.140. The van der Waals surface area contributed by atoms with E-state index in [0.717, 1.165) is 23.8 Å². The number of aliphatic carboxylic acids is 1. The topological polar surface area (TPSA) is 66.3 Å². The van der Waals surface area contributed by atoms with Crippen LogP contribution in [0.1, 0.15) is 26.1 Å². The summed E-state index contributed by atoms with van der Waals surface area (Å²) in [5.74, 6) is -0.342. The fourth-order valence-corrected chi connectivity index (χ4v) is 1.97. The van der Waals surface area contributed by atoms with Gasteiger partial charge in [-0.3, -0.25) is 4.79 Å². The van der Waals surface area contributed by atoms with E-state index >= 15 is 0 Å². The smallest absolute Gasteiger partial charge is 0.308 e. The summed E-state index contributed by atoms with van der Waals surface area (Å²) in [6.07, 6.45) is 1.89. The molecule has 6 heteroatoms. The summed E-state index contributed by atoms with van der Waals surface area (Å²) in [5.41, 5.74) is 0. The lowest BCUT2D eigenvalue weighted by Crippen LogP contribution is -2.28. The van der Waals surface area contributed by atoms with Crippen molar-refractivity contribution in [3.05, 3.63) is 5.82 Å². The third kappa shape index (κ3) is 3.44. The van der Waals surface area contributed by atoms with Crippen LogP contribution in [0.3, 0.4) is 0 Å². The first-order chi connectivity index (χ1) is 7.54. The number of carbonyl (C=O) groups is 1. The van der Waals surface area contributed by atoms with E-state index < -0.39 is 11.9 Å². The van der Waals surface area contributed by atoms with E-state index in [1.54, 1.807) is 6.92 Å². The van der Waals surface area contributed by atoms with Crippen molar-refractivity contribution in [1.29, 1.82) is 0 Å². The Bertz CT molecular complexity index is 354. The van der Waals surface area contributed by atoms with Gasteiger partial charge in [-0.1, -0.05) is 13.8 Å². The first kappa shape index (κ1) is 12.9. The van der Waals surface area contributed by atoms with Gasteiger partial charge < -0.3 is 10.0 Å². The first-order valence-corrected chi connectivity index (χ1v) is 6.08. The Kier molecular flexibility index (Phi) is 4.67. The van der Waals surface area contributed by atoms with Gasteiger partial charge in [0.15, 0.2) is 0 Å². The molecule has 0 spiro atoms. The molecule has 16 heavy (non-hydrogen) atoms. The summed E-state index contributed by atoms with van der Waals surface area (Å²) >= 11 is 1.32. The Morgan fingerprint density at radius 1 is 1.62 bits per heavy atom. The van der Waals surface area contributed by atoms with Crippen molar-refractivity contribution < 1.29 is 9.90 Å². The summed E-state index contributed by atoms with van der Waals surface area (Å²) in [5, 5.41) is 9.60. The first-order valence-electron chi connectivity index (χ1n) is 5.31. The second-order valence-corrected chi connectivity index (χ2v) is 4.59. The van der Waals surface area contributed by atoms with Crippen LogP contribution < -0.4 is 4.90 Å². The van der Waals surface area contributed by atoms with Crippen LogP contribution >= 0.6 is 11.5 Å². The van der Waals surface area contributed by atoms with E-state index in [1.807, 2.05) is 11.9 Å². The second-order valence-electron chi connectivity index (χ2n) is 3.86. The zero-order valence-corrected chi connectivity index (χ0v) is 10.6. The lowest BCUT2D eigenvalue weighted by Gasteiger charge is -2.17. The molecule has 1 atom stereocenters. The van der Waals surface area contributed by atoms with Gasteiger partial charge in [-0.2, -0.15) is 4.37 Å². The van der Waals surface area contributed by atoms with Crippen LogP contribution in [0.4, 0.5) is 5.13 Å². The van der Waals surface area contributed by atoms with Crippen molar-refractivity contribution in [2.75, 3.05) is 18.5 Å². The van der Waals surface area contributed by atoms with E-state index in [4.69, 9.17) is 5.11 Å². The van der Waals surface area contributed by atoms with Gasteiger partial charge in [0.25, 0.3) is 0 Å². The molecule has 0 saturated heterocycles. The molecule has 0 radical (unpaired) electrons. The van der Waals surface area contributed by atoms with Gasteiger partial charge in [0.1, 0.15) is 5.82 Å². The molecule has 1 unspecified atom stereocenters. The van der Waals surface area contributed by atoms with Crippen molar-refractivity contribution in [1.82, 2.24) is 9.36 Å². The number of carboxylic acid groups (broad SMARTS) is 1. The fourth-order valence-electron chi connectivity index (χ4n) is 1.29. The maximum atomic E-state index is 10.7. The molecule has 5 nitrogen and oxygen atoms in total. The molecule has 0 aromatic carbocycles. The Morgan fingerprint density at radius 2 is 2.31 bits per heavy atom. The molecule has 90 valence electrons. The van der Waals surface area contributed by atoms with Crippen LogP contribution in [0, 0.1) is 5.92 Å². The van der Waals surface area contributed by atoms with Crippen molar-refractivity contribution >= 4 is 22.6 Å². The predicted octanol–water partition coefficient (Wildman–Crippen LogP) is 1.65. The molecule has 0 bridgehead atoms. The average Bonchev–Trinajstić information content (AvgIpc) is 2.66. The van der Waals surface area contributed by atoms with Crippen molar-refractivity contribution in [3.8, 4) is 0 Å². The average molecular weight is 243 g/mol. The van der Waals surface area contributed by atoms with Crippen molar-refractivity contribution in [2.45, 2.75) is 26.7 Å². The van der Waals surface area contributed by atoms with Crippen LogP contribution in [0.2, 0.25) is 0 Å². The SMILES string of the molecule is CCCc1nsc(N(C)CC(C)C(=O)O)n1. The molecule has 0 fully saturated rings. The Hall–Kier alpha value is -1.17. The van der Waals surface area contributed by atoms with Gasteiger partial charge in [-0.05, 0) is 6.42 Å². The van der Waals surface area contributed by atoms with E-state index in [9.17, 15) is 4.79 Å². The number of carboxylic acids is 1. The maximum absolute atomic E-state index is 10.7. The normalized spacial score (nSPS) is 12.4. The maximum Gasteiger partial charge on any atom is 0.308 e. The van der Waals surface area contributed by atoms with E-state index in [0.29, 0.717) is 6.54 Å². The molecule has 1 N–H and O–H groups in total. The Morgan fingerprint density at radius 3 is 2.88 bits per heavy atom. The van der Waals surface area contributed by atoms with Gasteiger partial charge in [0, 0.05) is 31.5 Å². The van der Waals surface area contributed by atoms with Crippen LogP contribution in [0.5, 0.6) is 0 Å². The van der Waals surface area contributed by atoms with Gasteiger partial charge in [-0.15, -0.1) is 0 Å². The molecule has 1 aromatic rings. The van der Waals surface area contributed by atoms with Crippen LogP contribution in [0.15, 0.2) is 0 Å². The molecule has 1 aromatic heterocycles. The zero-order chi connectivity index (χ0) is 12.1. The van der Waals surface area contributed by atoms with Gasteiger partial charge >= 0.3 is 5.97 Å². The lowest BCUT2D eigenvalue weighted by atomic mass is 10.2. The van der Waals surface area contributed by atoms with Crippen molar-refractivity contribution in [3.63, 3.8) is 0 Å². The Balaban J connectivity index is 2.58.